The molecular formula is C12H36LiN2Si4-. The SMILES string of the molecule is C[Si](C)(C)[N-][Si](C)(C)C.C[Si](C)(C)[N-][Si](C)(C)C.[Li+]. The topological polar surface area (TPSA) is 28.2 Å². The molecule has 0 aliphatic heterocycles. The molecule has 0 fully saturated rings. The monoisotopic (exact) mass is 327 g/mol. The summed E-state index contributed by atoms with van der Waals surface area (Å²) in [6, 6.07) is 0. The Labute approximate surface area is 139 Å². The van der Waals surface area contributed by atoms with E-state index in [1.54, 1.807) is 0 Å². The second-order valence-electron chi connectivity index (χ2n) is 8.91. The van der Waals surface area contributed by atoms with E-state index in [0.717, 1.165) is 0 Å². The van der Waals surface area contributed by atoms with Gasteiger partial charge in [0.25, 0.3) is 0 Å². The summed E-state index contributed by atoms with van der Waals surface area (Å²) in [4.78, 5) is 0. The summed E-state index contributed by atoms with van der Waals surface area (Å²) in [5.74, 6) is 0. The zero-order valence-corrected chi connectivity index (χ0v) is 19.9. The predicted molar refractivity (Wildman–Crippen MR) is 100 cm³/mol. The van der Waals surface area contributed by atoms with Crippen molar-refractivity contribution in [2.24, 2.45) is 0 Å². The fourth-order valence-electron chi connectivity index (χ4n) is 2.01. The Morgan fingerprint density at radius 1 is 0.368 bits per heavy atom. The molecule has 0 aliphatic carbocycles. The van der Waals surface area contributed by atoms with Gasteiger partial charge in [-0.3, -0.25) is 0 Å². The van der Waals surface area contributed by atoms with Crippen LogP contribution in [0.1, 0.15) is 0 Å². The van der Waals surface area contributed by atoms with Crippen LogP contribution in [0.5, 0.6) is 0 Å². The first-order chi connectivity index (χ1) is 7.41. The third-order valence-electron chi connectivity index (χ3n) is 1.34. The minimum absolute atomic E-state index is 0. The van der Waals surface area contributed by atoms with Crippen LogP contribution in [-0.2, 0) is 0 Å². The normalized spacial score (nSPS) is 13.3. The van der Waals surface area contributed by atoms with Crippen molar-refractivity contribution in [3.63, 3.8) is 0 Å². The maximum atomic E-state index is 4.82. The zero-order chi connectivity index (χ0) is 15.4. The van der Waals surface area contributed by atoms with E-state index in [4.69, 9.17) is 9.30 Å². The van der Waals surface area contributed by atoms with Crippen molar-refractivity contribution in [1.82, 2.24) is 0 Å². The Morgan fingerprint density at radius 2 is 0.474 bits per heavy atom. The van der Waals surface area contributed by atoms with Gasteiger partial charge in [-0.25, -0.2) is 0 Å². The first-order valence-electron chi connectivity index (χ1n) is 6.89. The summed E-state index contributed by atoms with van der Waals surface area (Å²) >= 11 is 0. The van der Waals surface area contributed by atoms with E-state index < -0.39 is 32.9 Å². The Balaban J connectivity index is -0.000000256. The van der Waals surface area contributed by atoms with Crippen LogP contribution in [0.15, 0.2) is 0 Å². The summed E-state index contributed by atoms with van der Waals surface area (Å²) in [6.07, 6.45) is 0. The molecule has 0 rings (SSSR count). The van der Waals surface area contributed by atoms with Crippen LogP contribution in [0.4, 0.5) is 0 Å². The molecule has 0 radical (unpaired) electrons. The Bertz CT molecular complexity index is 184. The number of nitrogens with zero attached hydrogens (tertiary/aromatic N) is 2. The molecule has 0 amide bonds. The predicted octanol–water partition coefficient (Wildman–Crippen LogP) is 3.06. The minimum atomic E-state index is -1.11. The van der Waals surface area contributed by atoms with E-state index in [1.165, 1.54) is 0 Å². The second-order valence-corrected chi connectivity index (χ2v) is 28.1. The van der Waals surface area contributed by atoms with Gasteiger partial charge in [0.05, 0.1) is 0 Å². The van der Waals surface area contributed by atoms with Crippen LogP contribution in [0.3, 0.4) is 0 Å². The average molecular weight is 328 g/mol. The van der Waals surface area contributed by atoms with Gasteiger partial charge < -0.3 is 9.30 Å². The molecule has 0 heterocycles. The molecule has 0 aliphatic rings. The standard InChI is InChI=1S/2C6H18NSi2.Li/c2*1-8(2,3)7-9(4,5)6;/h2*1-6H3;/q2*-1;+1. The molecule has 0 saturated heterocycles. The Morgan fingerprint density at radius 3 is 0.474 bits per heavy atom. The first-order valence-corrected chi connectivity index (χ1v) is 20.7. The molecule has 0 bridgehead atoms. The summed E-state index contributed by atoms with van der Waals surface area (Å²) < 4.78 is 9.64. The molecule has 0 saturated carbocycles. The Hall–Kier alpha value is 1.38. The molecule has 19 heavy (non-hydrogen) atoms. The zero-order valence-electron chi connectivity index (χ0n) is 15.9. The smallest absolute Gasteiger partial charge is 0.668 e. The van der Waals surface area contributed by atoms with Gasteiger partial charge in [0.1, 0.15) is 0 Å². The van der Waals surface area contributed by atoms with Gasteiger partial charge in [-0.2, -0.15) is 0 Å². The summed E-state index contributed by atoms with van der Waals surface area (Å²) in [6.45, 7) is 27.6. The van der Waals surface area contributed by atoms with Crippen LogP contribution < -0.4 is 18.9 Å². The molecule has 0 atom stereocenters. The van der Waals surface area contributed by atoms with Gasteiger partial charge in [0.15, 0.2) is 0 Å². The molecule has 0 aromatic rings. The van der Waals surface area contributed by atoms with Crippen molar-refractivity contribution in [2.45, 2.75) is 78.6 Å². The van der Waals surface area contributed by atoms with Crippen molar-refractivity contribution in [3.05, 3.63) is 9.30 Å². The number of hydrogen-bond donors (Lipinski definition) is 0. The summed E-state index contributed by atoms with van der Waals surface area (Å²) in [7, 11) is -4.42. The van der Waals surface area contributed by atoms with Gasteiger partial charge in [-0.1, -0.05) is 112 Å². The first kappa shape index (κ1) is 25.3. The van der Waals surface area contributed by atoms with E-state index in [0.29, 0.717) is 0 Å². The van der Waals surface area contributed by atoms with E-state index in [-0.39, 0.29) is 18.9 Å². The van der Waals surface area contributed by atoms with E-state index in [1.807, 2.05) is 0 Å². The Kier molecular flexibility index (Phi) is 11.7. The molecule has 0 aromatic heterocycles. The van der Waals surface area contributed by atoms with Crippen LogP contribution in [0.25, 0.3) is 9.30 Å². The van der Waals surface area contributed by atoms with Gasteiger partial charge in [-0.15, -0.1) is 0 Å². The van der Waals surface area contributed by atoms with E-state index in [2.05, 4.69) is 78.6 Å². The van der Waals surface area contributed by atoms with Gasteiger partial charge in [0.2, 0.25) is 0 Å². The third-order valence-corrected chi connectivity index (χ3v) is 12.1. The molecule has 2 nitrogen and oxygen atoms in total. The van der Waals surface area contributed by atoms with Crippen LogP contribution in [-0.4, -0.2) is 32.9 Å². The van der Waals surface area contributed by atoms with Gasteiger partial charge in [0, 0.05) is 0 Å². The van der Waals surface area contributed by atoms with E-state index >= 15 is 0 Å². The van der Waals surface area contributed by atoms with Crippen LogP contribution >= 0.6 is 0 Å². The van der Waals surface area contributed by atoms with Crippen molar-refractivity contribution in [3.8, 4) is 0 Å². The summed E-state index contributed by atoms with van der Waals surface area (Å²) in [5, 5.41) is 0. The van der Waals surface area contributed by atoms with Crippen molar-refractivity contribution in [1.29, 1.82) is 0 Å². The second kappa shape index (κ2) is 8.74. The van der Waals surface area contributed by atoms with Crippen molar-refractivity contribution < 1.29 is 18.9 Å². The average Bonchev–Trinajstić information content (AvgIpc) is 1.64. The van der Waals surface area contributed by atoms with Crippen molar-refractivity contribution >= 4 is 32.9 Å². The van der Waals surface area contributed by atoms with Crippen LogP contribution in [0, 0.1) is 0 Å². The molecule has 0 N–H and O–H groups in total. The molecular weight excluding hydrogens is 291 g/mol. The molecule has 112 valence electrons. The fourth-order valence-corrected chi connectivity index (χ4v) is 18.1. The maximum absolute atomic E-state index is 4.82. The quantitative estimate of drug-likeness (QED) is 0.710. The number of rotatable bonds is 4. The minimum Gasteiger partial charge on any atom is -0.668 e. The molecule has 0 spiro atoms. The molecule has 0 unspecified atom stereocenters. The van der Waals surface area contributed by atoms with Crippen LogP contribution in [0.2, 0.25) is 78.6 Å². The maximum Gasteiger partial charge on any atom is 1.00 e. The van der Waals surface area contributed by atoms with Gasteiger partial charge in [-0.05, 0) is 0 Å². The number of hydrogen-bond acceptors (Lipinski definition) is 0. The third kappa shape index (κ3) is 32.7. The molecule has 7 heteroatoms. The summed E-state index contributed by atoms with van der Waals surface area (Å²) in [5.41, 5.74) is 0. The molecule has 0 aromatic carbocycles. The largest absolute Gasteiger partial charge is 1.00 e. The van der Waals surface area contributed by atoms with Crippen molar-refractivity contribution in [2.75, 3.05) is 0 Å². The fraction of sp³-hybridized carbons (Fsp3) is 1.00. The van der Waals surface area contributed by atoms with Gasteiger partial charge >= 0.3 is 18.9 Å². The van der Waals surface area contributed by atoms with E-state index in [9.17, 15) is 0 Å².